The molecule has 0 spiro atoms. The molecule has 0 aromatic heterocycles. The summed E-state index contributed by atoms with van der Waals surface area (Å²) >= 11 is 0. The zero-order valence-electron chi connectivity index (χ0n) is 7.96. The van der Waals surface area contributed by atoms with Crippen molar-refractivity contribution in [1.29, 1.82) is 5.41 Å². The van der Waals surface area contributed by atoms with Crippen LogP contribution in [-0.2, 0) is 4.79 Å². The third-order valence-electron chi connectivity index (χ3n) is 4.00. The fourth-order valence-electron chi connectivity index (χ4n) is 3.98. The van der Waals surface area contributed by atoms with Crippen molar-refractivity contribution in [3.8, 4) is 0 Å². The first-order chi connectivity index (χ1) is 6.31. The summed E-state index contributed by atoms with van der Waals surface area (Å²) in [5.74, 6) is 4.71. The van der Waals surface area contributed by atoms with E-state index < -0.39 is 0 Å². The van der Waals surface area contributed by atoms with Crippen LogP contribution >= 0.6 is 0 Å². The number of hydrogen-bond acceptors (Lipinski definition) is 2. The van der Waals surface area contributed by atoms with Gasteiger partial charge in [0.05, 0.1) is 0 Å². The molecule has 0 atom stereocenters. The lowest BCUT2D eigenvalue weighted by Crippen LogP contribution is -2.38. The first-order valence-corrected chi connectivity index (χ1v) is 5.35. The van der Waals surface area contributed by atoms with Crippen LogP contribution < -0.4 is 0 Å². The lowest BCUT2D eigenvalue weighted by atomic mass is 9.56. The minimum atomic E-state index is 0.750. The van der Waals surface area contributed by atoms with Gasteiger partial charge in [0.15, 0.2) is 0 Å². The zero-order chi connectivity index (χ0) is 9.26. The Morgan fingerprint density at radius 3 is 1.08 bits per heavy atom. The van der Waals surface area contributed by atoms with Gasteiger partial charge in [-0.3, -0.25) is 0 Å². The Kier molecular flexibility index (Phi) is 2.50. The van der Waals surface area contributed by atoms with Crippen molar-refractivity contribution in [2.24, 2.45) is 23.7 Å². The van der Waals surface area contributed by atoms with Gasteiger partial charge in [0.25, 0.3) is 0 Å². The molecule has 2 heteroatoms. The van der Waals surface area contributed by atoms with E-state index >= 15 is 0 Å². The fraction of sp³-hybridized carbons (Fsp3) is 0.909. The van der Waals surface area contributed by atoms with E-state index in [4.69, 9.17) is 10.2 Å². The Hall–Kier alpha value is -0.620. The highest BCUT2D eigenvalue weighted by Gasteiger charge is 2.41. The van der Waals surface area contributed by atoms with Gasteiger partial charge in [0.2, 0.25) is 6.08 Å². The van der Waals surface area contributed by atoms with Crippen LogP contribution in [0.2, 0.25) is 0 Å². The molecule has 13 heavy (non-hydrogen) atoms. The lowest BCUT2D eigenvalue weighted by Gasteiger charge is -2.49. The standard InChI is InChI=1S/C10H16.CHNO/c1-7-2-9-4-8(1)5-10(3-7)6-9;2-1-3/h7-10H,1-6H2;2H. The number of nitrogens with one attached hydrogen (secondary N) is 1. The maximum absolute atomic E-state index is 8.35. The van der Waals surface area contributed by atoms with Crippen molar-refractivity contribution >= 4 is 6.08 Å². The van der Waals surface area contributed by atoms with Crippen molar-refractivity contribution in [2.45, 2.75) is 38.5 Å². The predicted molar refractivity (Wildman–Crippen MR) is 50.1 cm³/mol. The third-order valence-corrected chi connectivity index (χ3v) is 4.00. The predicted octanol–water partition coefficient (Wildman–Crippen LogP) is 2.73. The molecule has 0 aliphatic heterocycles. The molecule has 0 saturated heterocycles. The van der Waals surface area contributed by atoms with Crippen molar-refractivity contribution in [3.63, 3.8) is 0 Å². The van der Waals surface area contributed by atoms with Crippen molar-refractivity contribution in [2.75, 3.05) is 0 Å². The second-order valence-electron chi connectivity index (χ2n) is 4.98. The fourth-order valence-corrected chi connectivity index (χ4v) is 3.98. The molecular weight excluding hydrogens is 162 g/mol. The van der Waals surface area contributed by atoms with Gasteiger partial charge < -0.3 is 0 Å². The number of hydrogen-bond donors (Lipinski definition) is 1. The Morgan fingerprint density at radius 1 is 0.769 bits per heavy atom. The van der Waals surface area contributed by atoms with E-state index in [2.05, 4.69) is 0 Å². The molecule has 4 saturated carbocycles. The van der Waals surface area contributed by atoms with Gasteiger partial charge in [0.1, 0.15) is 0 Å². The molecule has 0 aromatic rings. The summed E-state index contributed by atoms with van der Waals surface area (Å²) in [5.41, 5.74) is 0. The van der Waals surface area contributed by atoms with Crippen LogP contribution in [0.25, 0.3) is 0 Å². The highest BCUT2D eigenvalue weighted by Crippen LogP contribution is 2.53. The van der Waals surface area contributed by atoms with Crippen LogP contribution in [0.3, 0.4) is 0 Å². The average molecular weight is 179 g/mol. The van der Waals surface area contributed by atoms with Crippen molar-refractivity contribution in [1.82, 2.24) is 0 Å². The summed E-state index contributed by atoms with van der Waals surface area (Å²) in [7, 11) is 0. The van der Waals surface area contributed by atoms with Gasteiger partial charge in [-0.05, 0) is 62.2 Å². The largest absolute Gasteiger partial charge is 0.231 e. The van der Waals surface area contributed by atoms with Crippen LogP contribution in [0.15, 0.2) is 0 Å². The van der Waals surface area contributed by atoms with E-state index in [0.717, 1.165) is 6.08 Å². The SMILES string of the molecule is C1C2CC3CC1CC(C2)C3.N=C=O. The van der Waals surface area contributed by atoms with Gasteiger partial charge >= 0.3 is 0 Å². The Bertz CT molecular complexity index is 162. The highest BCUT2D eigenvalue weighted by atomic mass is 16.1. The van der Waals surface area contributed by atoms with E-state index in [0.29, 0.717) is 0 Å². The molecule has 0 amide bonds. The van der Waals surface area contributed by atoms with Crippen LogP contribution in [-0.4, -0.2) is 6.08 Å². The first-order valence-electron chi connectivity index (χ1n) is 5.35. The average Bonchev–Trinajstić information content (AvgIpc) is 2.01. The monoisotopic (exact) mass is 179 g/mol. The molecule has 4 fully saturated rings. The van der Waals surface area contributed by atoms with Crippen LogP contribution in [0.4, 0.5) is 0 Å². The van der Waals surface area contributed by atoms with Crippen molar-refractivity contribution in [3.05, 3.63) is 0 Å². The molecule has 4 aliphatic rings. The molecule has 4 aliphatic carbocycles. The minimum absolute atomic E-state index is 0.750. The Morgan fingerprint density at radius 2 is 0.923 bits per heavy atom. The first kappa shape index (κ1) is 8.96. The van der Waals surface area contributed by atoms with Gasteiger partial charge in [-0.1, -0.05) is 0 Å². The van der Waals surface area contributed by atoms with Gasteiger partial charge in [0, 0.05) is 0 Å². The summed E-state index contributed by atoms with van der Waals surface area (Å²) in [4.78, 5) is 8.35. The second kappa shape index (κ2) is 3.63. The van der Waals surface area contributed by atoms with E-state index in [1.807, 2.05) is 0 Å². The Balaban J connectivity index is 0.000000196. The number of rotatable bonds is 0. The molecule has 2 nitrogen and oxygen atoms in total. The normalized spacial score (nSPS) is 44.9. The molecular formula is C11H17NO. The topological polar surface area (TPSA) is 40.9 Å². The van der Waals surface area contributed by atoms with Crippen LogP contribution in [0, 0.1) is 29.1 Å². The summed E-state index contributed by atoms with van der Waals surface area (Å²) in [6, 6.07) is 0. The van der Waals surface area contributed by atoms with E-state index in [1.165, 1.54) is 23.7 Å². The molecule has 0 aromatic carbocycles. The highest BCUT2D eigenvalue weighted by molar-refractivity contribution is 5.26. The summed E-state index contributed by atoms with van der Waals surface area (Å²) in [6.07, 6.45) is 10.4. The lowest BCUT2D eigenvalue weighted by molar-refractivity contribution is 0.0198. The minimum Gasteiger partial charge on any atom is -0.222 e. The Labute approximate surface area is 79.2 Å². The van der Waals surface area contributed by atoms with E-state index in [9.17, 15) is 0 Å². The second-order valence-corrected chi connectivity index (χ2v) is 4.98. The van der Waals surface area contributed by atoms with Crippen LogP contribution in [0.1, 0.15) is 38.5 Å². The molecule has 0 unspecified atom stereocenters. The van der Waals surface area contributed by atoms with E-state index in [-0.39, 0.29) is 0 Å². The maximum Gasteiger partial charge on any atom is 0.231 e. The van der Waals surface area contributed by atoms with Crippen molar-refractivity contribution < 1.29 is 4.79 Å². The molecule has 0 radical (unpaired) electrons. The van der Waals surface area contributed by atoms with E-state index in [1.54, 1.807) is 38.5 Å². The molecule has 0 heterocycles. The molecule has 4 bridgehead atoms. The van der Waals surface area contributed by atoms with Gasteiger partial charge in [-0.15, -0.1) is 0 Å². The zero-order valence-corrected chi connectivity index (χ0v) is 7.96. The van der Waals surface area contributed by atoms with Gasteiger partial charge in [-0.25, -0.2) is 10.2 Å². The number of isocyanates is 1. The molecule has 1 N–H and O–H groups in total. The summed E-state index contributed by atoms with van der Waals surface area (Å²) < 4.78 is 0. The van der Waals surface area contributed by atoms with Crippen LogP contribution in [0.5, 0.6) is 0 Å². The summed E-state index contributed by atoms with van der Waals surface area (Å²) in [5, 5.41) is 5.40. The smallest absolute Gasteiger partial charge is 0.222 e. The summed E-state index contributed by atoms with van der Waals surface area (Å²) in [6.45, 7) is 0. The number of carbonyl (C=O) groups excluding carboxylic acids is 1. The quantitative estimate of drug-likeness (QED) is 0.451. The molecule has 72 valence electrons. The maximum atomic E-state index is 8.35. The molecule has 4 rings (SSSR count). The van der Waals surface area contributed by atoms with Gasteiger partial charge in [-0.2, -0.15) is 0 Å². The third kappa shape index (κ3) is 1.83.